The summed E-state index contributed by atoms with van der Waals surface area (Å²) in [5.41, 5.74) is 1.83. The lowest BCUT2D eigenvalue weighted by molar-refractivity contribution is -0.123. The number of hydrogen-bond acceptors (Lipinski definition) is 7. The second kappa shape index (κ2) is 9.93. The Hall–Kier alpha value is -2.91. The van der Waals surface area contributed by atoms with Crippen molar-refractivity contribution in [3.8, 4) is 16.3 Å². The van der Waals surface area contributed by atoms with E-state index in [4.69, 9.17) is 21.1 Å². The number of hydrogen-bond donors (Lipinski definition) is 1. The third-order valence-corrected chi connectivity index (χ3v) is 6.10. The fourth-order valence-corrected chi connectivity index (χ4v) is 4.08. The van der Waals surface area contributed by atoms with E-state index in [-0.39, 0.29) is 19.1 Å². The van der Waals surface area contributed by atoms with E-state index in [1.807, 2.05) is 33.8 Å². The van der Waals surface area contributed by atoms with Gasteiger partial charge in [0.2, 0.25) is 5.91 Å². The van der Waals surface area contributed by atoms with Gasteiger partial charge >= 0.3 is 5.97 Å². The van der Waals surface area contributed by atoms with E-state index in [1.165, 1.54) is 11.3 Å². The average molecular weight is 491 g/mol. The van der Waals surface area contributed by atoms with Gasteiger partial charge in [-0.15, -0.1) is 0 Å². The van der Waals surface area contributed by atoms with Crippen LogP contribution >= 0.6 is 22.9 Å². The summed E-state index contributed by atoms with van der Waals surface area (Å²) in [5.74, 6) is -0.0153. The first kappa shape index (κ1) is 24.7. The fourth-order valence-electron chi connectivity index (χ4n) is 3.00. The molecule has 0 spiro atoms. The van der Waals surface area contributed by atoms with Crippen LogP contribution in [0.1, 0.15) is 49.4 Å². The van der Waals surface area contributed by atoms with E-state index in [0.717, 1.165) is 10.4 Å². The highest BCUT2D eigenvalue weighted by Gasteiger charge is 2.25. The number of aromatic nitrogens is 3. The Kier molecular flexibility index (Phi) is 7.44. The highest BCUT2D eigenvalue weighted by molar-refractivity contribution is 7.19. The number of rotatable bonds is 7. The van der Waals surface area contributed by atoms with Crippen LogP contribution in [0.15, 0.2) is 24.3 Å². The first-order valence-corrected chi connectivity index (χ1v) is 11.6. The van der Waals surface area contributed by atoms with Gasteiger partial charge in [0.05, 0.1) is 30.8 Å². The van der Waals surface area contributed by atoms with Crippen LogP contribution in [-0.4, -0.2) is 40.4 Å². The molecule has 8 nitrogen and oxygen atoms in total. The Morgan fingerprint density at radius 2 is 1.97 bits per heavy atom. The number of nitrogens with zero attached hydrogens (tertiary/aromatic N) is 3. The van der Waals surface area contributed by atoms with Crippen LogP contribution in [-0.2, 0) is 16.1 Å². The maximum Gasteiger partial charge on any atom is 0.356 e. The van der Waals surface area contributed by atoms with E-state index in [9.17, 15) is 9.59 Å². The van der Waals surface area contributed by atoms with Crippen LogP contribution in [0.3, 0.4) is 0 Å². The molecule has 176 valence electrons. The van der Waals surface area contributed by atoms with Gasteiger partial charge in [0, 0.05) is 16.0 Å². The predicted octanol–water partition coefficient (Wildman–Crippen LogP) is 5.19. The number of anilines is 1. The Morgan fingerprint density at radius 1 is 1.24 bits per heavy atom. The van der Waals surface area contributed by atoms with Crippen LogP contribution in [0.4, 0.5) is 5.13 Å². The minimum Gasteiger partial charge on any atom is -0.496 e. The third kappa shape index (κ3) is 5.72. The summed E-state index contributed by atoms with van der Waals surface area (Å²) < 4.78 is 12.2. The van der Waals surface area contributed by atoms with E-state index in [1.54, 1.807) is 36.9 Å². The van der Waals surface area contributed by atoms with Gasteiger partial charge in [0.25, 0.3) is 0 Å². The van der Waals surface area contributed by atoms with E-state index >= 15 is 0 Å². The van der Waals surface area contributed by atoms with Crippen molar-refractivity contribution in [3.05, 3.63) is 46.2 Å². The van der Waals surface area contributed by atoms with Crippen molar-refractivity contribution in [2.75, 3.05) is 19.0 Å². The molecule has 0 saturated carbocycles. The Morgan fingerprint density at radius 3 is 2.61 bits per heavy atom. The summed E-state index contributed by atoms with van der Waals surface area (Å²) in [7, 11) is 1.56. The molecule has 0 unspecified atom stereocenters. The van der Waals surface area contributed by atoms with Gasteiger partial charge in [-0.2, -0.15) is 5.10 Å². The highest BCUT2D eigenvalue weighted by atomic mass is 35.5. The SMILES string of the molecule is CCOC(=O)c1cc(-c2sc(NC(=O)C(C)(C)C)nc2C)nn1Cc1ccc(Cl)cc1OC. The molecule has 1 aromatic carbocycles. The molecule has 1 amide bonds. The molecule has 3 rings (SSSR count). The zero-order valence-corrected chi connectivity index (χ0v) is 21.1. The molecular weight excluding hydrogens is 464 g/mol. The van der Waals surface area contributed by atoms with Crippen LogP contribution in [0.5, 0.6) is 5.75 Å². The van der Waals surface area contributed by atoms with Gasteiger partial charge in [0.15, 0.2) is 5.13 Å². The van der Waals surface area contributed by atoms with Gasteiger partial charge < -0.3 is 14.8 Å². The van der Waals surface area contributed by atoms with Crippen molar-refractivity contribution >= 4 is 39.9 Å². The molecule has 2 aromatic heterocycles. The normalized spacial score (nSPS) is 11.4. The van der Waals surface area contributed by atoms with Crippen molar-refractivity contribution in [2.24, 2.45) is 5.41 Å². The predicted molar refractivity (Wildman–Crippen MR) is 129 cm³/mol. The molecule has 0 saturated heterocycles. The molecule has 0 aliphatic heterocycles. The largest absolute Gasteiger partial charge is 0.496 e. The molecule has 1 N–H and O–H groups in total. The van der Waals surface area contributed by atoms with Gasteiger partial charge in [-0.1, -0.05) is 49.8 Å². The summed E-state index contributed by atoms with van der Waals surface area (Å²) in [4.78, 5) is 30.2. The lowest BCUT2D eigenvalue weighted by Crippen LogP contribution is -2.27. The topological polar surface area (TPSA) is 95.3 Å². The molecule has 33 heavy (non-hydrogen) atoms. The van der Waals surface area contributed by atoms with E-state index in [0.29, 0.717) is 33.0 Å². The zero-order chi connectivity index (χ0) is 24.3. The minimum absolute atomic E-state index is 0.129. The lowest BCUT2D eigenvalue weighted by Gasteiger charge is -2.15. The second-order valence-electron chi connectivity index (χ2n) is 8.39. The quantitative estimate of drug-likeness (QED) is 0.458. The highest BCUT2D eigenvalue weighted by Crippen LogP contribution is 2.34. The van der Waals surface area contributed by atoms with Crippen LogP contribution in [0.2, 0.25) is 5.02 Å². The first-order chi connectivity index (χ1) is 15.5. The standard InChI is InChI=1S/C23H27ClN4O4S/c1-7-32-20(29)17-11-16(19-13(2)25-22(33-19)26-21(30)23(3,4)5)27-28(17)12-14-8-9-15(24)10-18(14)31-6/h8-11H,7,12H2,1-6H3,(H,25,26,30). The monoisotopic (exact) mass is 490 g/mol. The number of halogens is 1. The van der Waals surface area contributed by atoms with Crippen LogP contribution < -0.4 is 10.1 Å². The van der Waals surface area contributed by atoms with Crippen molar-refractivity contribution in [1.82, 2.24) is 14.8 Å². The minimum atomic E-state index is -0.546. The number of nitrogens with one attached hydrogen (secondary N) is 1. The van der Waals surface area contributed by atoms with Gasteiger partial charge in [-0.05, 0) is 32.0 Å². The molecule has 10 heteroatoms. The van der Waals surface area contributed by atoms with Crippen molar-refractivity contribution < 1.29 is 19.1 Å². The summed E-state index contributed by atoms with van der Waals surface area (Å²) in [6, 6.07) is 6.97. The Bertz CT molecular complexity index is 1180. The fraction of sp³-hybridized carbons (Fsp3) is 0.391. The second-order valence-corrected chi connectivity index (χ2v) is 9.82. The molecule has 0 atom stereocenters. The summed E-state index contributed by atoms with van der Waals surface area (Å²) in [6.45, 7) is 9.61. The van der Waals surface area contributed by atoms with Crippen molar-refractivity contribution in [3.63, 3.8) is 0 Å². The van der Waals surface area contributed by atoms with Crippen LogP contribution in [0, 0.1) is 12.3 Å². The zero-order valence-electron chi connectivity index (χ0n) is 19.5. The molecule has 0 bridgehead atoms. The number of aryl methyl sites for hydroxylation is 1. The molecule has 0 aliphatic rings. The molecule has 2 heterocycles. The molecule has 3 aromatic rings. The molecule has 0 fully saturated rings. The van der Waals surface area contributed by atoms with E-state index < -0.39 is 11.4 Å². The number of carbonyl (C=O) groups is 2. The molecule has 0 radical (unpaired) electrons. The Labute approximate surface area is 201 Å². The number of thiazole rings is 1. The first-order valence-electron chi connectivity index (χ1n) is 10.4. The molecular formula is C23H27ClN4O4S. The number of methoxy groups -OCH3 is 1. The smallest absolute Gasteiger partial charge is 0.356 e. The maximum absolute atomic E-state index is 12.7. The lowest BCUT2D eigenvalue weighted by atomic mass is 9.96. The number of esters is 1. The maximum atomic E-state index is 12.7. The van der Waals surface area contributed by atoms with E-state index in [2.05, 4.69) is 15.4 Å². The number of carbonyl (C=O) groups excluding carboxylic acids is 2. The average Bonchev–Trinajstić information content (AvgIpc) is 3.31. The van der Waals surface area contributed by atoms with Crippen molar-refractivity contribution in [2.45, 2.75) is 41.2 Å². The summed E-state index contributed by atoms with van der Waals surface area (Å²) >= 11 is 7.38. The number of benzene rings is 1. The van der Waals surface area contributed by atoms with Gasteiger partial charge in [-0.3, -0.25) is 9.48 Å². The molecule has 0 aliphatic carbocycles. The van der Waals surface area contributed by atoms with Crippen molar-refractivity contribution in [1.29, 1.82) is 0 Å². The van der Waals surface area contributed by atoms with Gasteiger partial charge in [-0.25, -0.2) is 9.78 Å². The van der Waals surface area contributed by atoms with Gasteiger partial charge in [0.1, 0.15) is 17.1 Å². The third-order valence-electron chi connectivity index (χ3n) is 4.76. The number of ether oxygens (including phenoxy) is 2. The van der Waals surface area contributed by atoms with Crippen LogP contribution in [0.25, 0.3) is 10.6 Å². The summed E-state index contributed by atoms with van der Waals surface area (Å²) in [6.07, 6.45) is 0. The summed E-state index contributed by atoms with van der Waals surface area (Å²) in [5, 5.41) is 8.54. The number of amides is 1. The Balaban J connectivity index is 2.00.